The summed E-state index contributed by atoms with van der Waals surface area (Å²) in [6.07, 6.45) is 80.8. The van der Waals surface area contributed by atoms with Gasteiger partial charge >= 0.3 is 11.9 Å². The first-order valence-corrected chi connectivity index (χ1v) is 37.9. The van der Waals surface area contributed by atoms with E-state index in [0.29, 0.717) is 38.5 Å². The van der Waals surface area contributed by atoms with Gasteiger partial charge in [-0.25, -0.2) is 0 Å². The van der Waals surface area contributed by atoms with E-state index in [1.54, 1.807) is 0 Å². The Morgan fingerprint density at radius 1 is 0.318 bits per heavy atom. The monoisotopic (exact) mass is 1240 g/mol. The van der Waals surface area contributed by atoms with Gasteiger partial charge in [-0.05, 0) is 167 Å². The van der Waals surface area contributed by atoms with Crippen molar-refractivity contribution in [3.05, 3.63) is 48.6 Å². The molecule has 0 saturated heterocycles. The van der Waals surface area contributed by atoms with Gasteiger partial charge in [-0.15, -0.1) is 0 Å². The third kappa shape index (κ3) is 65.7. The third-order valence-corrected chi connectivity index (χ3v) is 17.7. The summed E-state index contributed by atoms with van der Waals surface area (Å²) in [7, 11) is 0. The number of unbranched alkanes of at least 4 members (excludes halogenated alkanes) is 42. The number of allylic oxidation sites excluding steroid dienone is 8. The number of rotatable bonds is 72. The van der Waals surface area contributed by atoms with Gasteiger partial charge in [0.25, 0.3) is 0 Å². The molecule has 0 radical (unpaired) electrons. The van der Waals surface area contributed by atoms with E-state index >= 15 is 0 Å². The highest BCUT2D eigenvalue weighted by atomic mass is 16.5. The molecule has 2 atom stereocenters. The van der Waals surface area contributed by atoms with Crippen molar-refractivity contribution in [3.63, 3.8) is 0 Å². The number of carbonyl (C=O) groups excluding carboxylic acids is 4. The molecular formula is C78H141NO9-2. The van der Waals surface area contributed by atoms with Gasteiger partial charge in [-0.3, -0.25) is 9.59 Å². The molecular weight excluding hydrogens is 1090 g/mol. The maximum Gasteiger partial charge on any atom is 0.305 e. The lowest BCUT2D eigenvalue weighted by molar-refractivity contribution is -0.313. The third-order valence-electron chi connectivity index (χ3n) is 17.7. The van der Waals surface area contributed by atoms with Crippen LogP contribution in [0.5, 0.6) is 0 Å². The molecule has 10 nitrogen and oxygen atoms in total. The molecule has 0 bridgehead atoms. The predicted molar refractivity (Wildman–Crippen MR) is 369 cm³/mol. The van der Waals surface area contributed by atoms with Crippen LogP contribution in [-0.2, 0) is 28.7 Å². The van der Waals surface area contributed by atoms with Crippen LogP contribution in [-0.4, -0.2) is 73.3 Å². The fourth-order valence-corrected chi connectivity index (χ4v) is 11.8. The second-order valence-corrected chi connectivity index (χ2v) is 26.0. The Balaban J connectivity index is 3.70. The number of carbonyl (C=O) groups is 4. The molecule has 0 aromatic heterocycles. The molecule has 514 valence electrons. The van der Waals surface area contributed by atoms with Crippen LogP contribution < -0.4 is 10.2 Å². The molecule has 0 aliphatic heterocycles. The lowest BCUT2D eigenvalue weighted by atomic mass is 9.97. The van der Waals surface area contributed by atoms with Crippen LogP contribution in [0.2, 0.25) is 0 Å². The normalized spacial score (nSPS) is 12.7. The van der Waals surface area contributed by atoms with Crippen LogP contribution in [0, 0.1) is 11.8 Å². The van der Waals surface area contributed by atoms with E-state index in [4.69, 9.17) is 9.47 Å². The zero-order chi connectivity index (χ0) is 64.0. The van der Waals surface area contributed by atoms with Gasteiger partial charge in [-0.1, -0.05) is 255 Å². The van der Waals surface area contributed by atoms with Gasteiger partial charge in [0.15, 0.2) is 0 Å². The minimum atomic E-state index is -1.03. The van der Waals surface area contributed by atoms with E-state index in [9.17, 15) is 34.5 Å². The highest BCUT2D eigenvalue weighted by Crippen LogP contribution is 2.20. The highest BCUT2D eigenvalue weighted by molar-refractivity contribution is 5.70. The molecule has 0 amide bonds. The number of carboxylic acids is 2. The van der Waals surface area contributed by atoms with Crippen LogP contribution in [0.1, 0.15) is 373 Å². The van der Waals surface area contributed by atoms with Gasteiger partial charge in [0.1, 0.15) is 0 Å². The van der Waals surface area contributed by atoms with Gasteiger partial charge < -0.3 is 39.3 Å². The van der Waals surface area contributed by atoms with Crippen molar-refractivity contribution in [3.8, 4) is 0 Å². The van der Waals surface area contributed by atoms with Crippen molar-refractivity contribution in [1.29, 1.82) is 0 Å². The first kappa shape index (κ1) is 84.8. The topological polar surface area (TPSA) is 156 Å². The van der Waals surface area contributed by atoms with Crippen LogP contribution in [0.15, 0.2) is 48.6 Å². The van der Waals surface area contributed by atoms with Crippen molar-refractivity contribution in [2.24, 2.45) is 11.8 Å². The van der Waals surface area contributed by atoms with Crippen molar-refractivity contribution in [1.82, 2.24) is 4.90 Å². The van der Waals surface area contributed by atoms with Gasteiger partial charge in [0.05, 0.1) is 19.8 Å². The summed E-state index contributed by atoms with van der Waals surface area (Å²) in [6, 6.07) is 0. The lowest BCUT2D eigenvalue weighted by Crippen LogP contribution is -2.32. The maximum absolute atomic E-state index is 12.2. The van der Waals surface area contributed by atoms with E-state index in [-0.39, 0.29) is 31.8 Å². The number of carboxylic acid groups (broad SMARTS) is 2. The van der Waals surface area contributed by atoms with Crippen molar-refractivity contribution < 1.29 is 44.0 Å². The minimum Gasteiger partial charge on any atom is -0.550 e. The van der Waals surface area contributed by atoms with Crippen LogP contribution in [0.3, 0.4) is 0 Å². The smallest absolute Gasteiger partial charge is 0.305 e. The fourth-order valence-electron chi connectivity index (χ4n) is 11.8. The number of aliphatic hydroxyl groups is 1. The standard InChI is InChI=1S/C78H143NO9/c1-3-5-7-9-11-13-15-17-19-27-33-39-45-51-57-63-75(81)87-71-65-73(77(83)84)61-55-49-43-37-31-25-21-23-29-35-41-47-53-59-67-79(69-70-80)68-60-54-48-42-36-30-24-22-26-32-38-44-50-56-62-74(78(85)86)66-72-88-76(82)64-58-52-46-40-34-28-20-18-16-14-12-10-8-6-4-2/h17-22,25-26,73-74,80H,3-16,23-24,27-72H2,1-2H3,(H,83,84)(H,85,86)/p-2/b19-17-,20-18-,25-21-,26-22-. The Morgan fingerprint density at radius 2 is 0.557 bits per heavy atom. The summed E-state index contributed by atoms with van der Waals surface area (Å²) >= 11 is 0. The second kappa shape index (κ2) is 71.2. The summed E-state index contributed by atoms with van der Waals surface area (Å²) in [4.78, 5) is 50.3. The van der Waals surface area contributed by atoms with E-state index in [0.717, 1.165) is 148 Å². The fraction of sp³-hybridized carbons (Fsp3) is 0.846. The molecule has 1 N–H and O–H groups in total. The molecule has 2 unspecified atom stereocenters. The summed E-state index contributed by atoms with van der Waals surface area (Å²) in [5, 5.41) is 33.1. The minimum absolute atomic E-state index is 0.165. The lowest BCUT2D eigenvalue weighted by Gasteiger charge is -2.21. The Kier molecular flexibility index (Phi) is 68.6. The Hall–Kier alpha value is -3.24. The second-order valence-electron chi connectivity index (χ2n) is 26.0. The van der Waals surface area contributed by atoms with E-state index in [1.165, 1.54) is 193 Å². The van der Waals surface area contributed by atoms with Crippen LogP contribution in [0.25, 0.3) is 0 Å². The SMILES string of the molecule is CCCCCCCC/C=C\CCCCCCCC(=O)OCCC(CCCCCC/C=C\CCCCCCCCN(CCO)CCCCCCCC/C=C\CCCCCCC(CCOC(=O)CCCCCCC/C=C\CCCCCCCC)C(=O)[O-])C(=O)[O-]. The molecule has 0 aromatic carbocycles. The van der Waals surface area contributed by atoms with Crippen molar-refractivity contribution >= 4 is 23.9 Å². The molecule has 0 aliphatic carbocycles. The van der Waals surface area contributed by atoms with Crippen molar-refractivity contribution in [2.45, 2.75) is 373 Å². The van der Waals surface area contributed by atoms with E-state index in [1.807, 2.05) is 0 Å². The average molecular weight is 1240 g/mol. The summed E-state index contributed by atoms with van der Waals surface area (Å²) in [6.45, 7) is 8.04. The molecule has 0 aliphatic rings. The number of esters is 2. The predicted octanol–water partition coefficient (Wildman–Crippen LogP) is 20.2. The molecule has 10 heteroatoms. The number of ether oxygens (including phenoxy) is 2. The van der Waals surface area contributed by atoms with Crippen LogP contribution in [0.4, 0.5) is 0 Å². The van der Waals surface area contributed by atoms with Gasteiger partial charge in [0, 0.05) is 43.2 Å². The quantitative estimate of drug-likeness (QED) is 0.0353. The number of aliphatic carboxylic acids is 2. The molecule has 0 spiro atoms. The molecule has 0 fully saturated rings. The first-order chi connectivity index (χ1) is 43.2. The Bertz CT molecular complexity index is 1510. The van der Waals surface area contributed by atoms with Crippen LogP contribution >= 0.6 is 0 Å². The molecule has 0 saturated carbocycles. The first-order valence-electron chi connectivity index (χ1n) is 37.9. The molecule has 88 heavy (non-hydrogen) atoms. The number of hydrogen-bond donors (Lipinski definition) is 1. The molecule has 0 heterocycles. The average Bonchev–Trinajstić information content (AvgIpc) is 3.54. The summed E-state index contributed by atoms with van der Waals surface area (Å²) < 4.78 is 10.8. The van der Waals surface area contributed by atoms with Gasteiger partial charge in [0.2, 0.25) is 0 Å². The summed E-state index contributed by atoms with van der Waals surface area (Å²) in [5.74, 6) is -3.59. The number of nitrogens with zero attached hydrogens (tertiary/aromatic N) is 1. The molecule has 0 aromatic rings. The Morgan fingerprint density at radius 3 is 0.818 bits per heavy atom. The maximum atomic E-state index is 12.2. The highest BCUT2D eigenvalue weighted by Gasteiger charge is 2.14. The Labute approximate surface area is 543 Å². The van der Waals surface area contributed by atoms with Gasteiger partial charge in [-0.2, -0.15) is 0 Å². The van der Waals surface area contributed by atoms with E-state index < -0.39 is 23.8 Å². The zero-order valence-electron chi connectivity index (χ0n) is 57.8. The molecule has 0 rings (SSSR count). The van der Waals surface area contributed by atoms with Crippen molar-refractivity contribution in [2.75, 3.05) is 39.5 Å². The number of hydrogen-bond acceptors (Lipinski definition) is 10. The number of aliphatic hydroxyl groups excluding tert-OH is 1. The summed E-state index contributed by atoms with van der Waals surface area (Å²) in [5.41, 5.74) is 0. The zero-order valence-corrected chi connectivity index (χ0v) is 57.8. The largest absolute Gasteiger partial charge is 0.550 e. The van der Waals surface area contributed by atoms with E-state index in [2.05, 4.69) is 67.4 Å².